The molecule has 4 heterocycles. The molecule has 168 valence electrons. The normalized spacial score (nSPS) is 13.2. The molecule has 3 aromatic heterocycles. The molecule has 0 N–H and O–H groups in total. The number of hydrogen-bond donors (Lipinski definition) is 0. The highest BCUT2D eigenvalue weighted by atomic mass is 16.5. The summed E-state index contributed by atoms with van der Waals surface area (Å²) < 4.78 is 21.2. The van der Waals surface area contributed by atoms with Crippen LogP contribution >= 0.6 is 0 Å². The van der Waals surface area contributed by atoms with Gasteiger partial charge in [0.25, 0.3) is 0 Å². The monoisotopic (exact) mass is 448 g/mol. The summed E-state index contributed by atoms with van der Waals surface area (Å²) in [6.45, 7) is 9.06. The Kier molecular flexibility index (Phi) is 3.71. The van der Waals surface area contributed by atoms with Crippen molar-refractivity contribution in [1.82, 2.24) is 0 Å². The smallest absolute Gasteiger partial charge is 0.228 e. The second kappa shape index (κ2) is 6.41. The van der Waals surface area contributed by atoms with E-state index in [1.54, 1.807) is 6.26 Å². The van der Waals surface area contributed by atoms with Crippen molar-refractivity contribution in [2.24, 2.45) is 12.5 Å². The van der Waals surface area contributed by atoms with Gasteiger partial charge in [0.05, 0.1) is 17.2 Å². The minimum atomic E-state index is 0.0974. The minimum Gasteiger partial charge on any atom is -0.460 e. The van der Waals surface area contributed by atoms with Crippen molar-refractivity contribution in [2.75, 3.05) is 0 Å². The zero-order valence-electron chi connectivity index (χ0n) is 20.1. The Bertz CT molecular complexity index is 1810. The van der Waals surface area contributed by atoms with Gasteiger partial charge in [0.1, 0.15) is 18.2 Å². The van der Waals surface area contributed by atoms with Crippen molar-refractivity contribution in [1.29, 1.82) is 0 Å². The first-order chi connectivity index (χ1) is 16.3. The first kappa shape index (κ1) is 19.7. The lowest BCUT2D eigenvalue weighted by Crippen LogP contribution is -2.32. The molecule has 1 aliphatic rings. The van der Waals surface area contributed by atoms with Gasteiger partial charge in [-0.05, 0) is 46.5 Å². The predicted octanol–water partition coefficient (Wildman–Crippen LogP) is 7.98. The maximum atomic E-state index is 6.93. The van der Waals surface area contributed by atoms with Crippen molar-refractivity contribution in [3.8, 4) is 22.8 Å². The molecule has 6 aromatic rings. The Labute approximate surface area is 197 Å². The van der Waals surface area contributed by atoms with E-state index in [-0.39, 0.29) is 5.41 Å². The highest BCUT2D eigenvalue weighted by molar-refractivity contribution is 6.16. The van der Waals surface area contributed by atoms with Crippen LogP contribution in [0.5, 0.6) is 11.5 Å². The summed E-state index contributed by atoms with van der Waals surface area (Å²) in [5, 5.41) is 5.68. The van der Waals surface area contributed by atoms with Crippen LogP contribution in [0.25, 0.3) is 54.9 Å². The molecule has 7 rings (SSSR count). The number of aryl methyl sites for hydroxylation is 2. The van der Waals surface area contributed by atoms with E-state index in [9.17, 15) is 0 Å². The van der Waals surface area contributed by atoms with Crippen molar-refractivity contribution in [2.45, 2.75) is 34.1 Å². The fraction of sp³-hybridized carbons (Fsp3) is 0.233. The molecule has 0 atom stereocenters. The molecule has 4 heteroatoms. The second-order valence-corrected chi connectivity index (χ2v) is 10.7. The standard InChI is InChI=1S/C30H26NO3/c1-16-18-8-6-7-9-19(18)21(15-30(2,3)4)27-23(16)25-24-17(10-12-31(25)5)14-20-26-22(11-13-32-26)33-28(20)29(24)34-27/h6-14H,15H2,1-5H3/q+1. The summed E-state index contributed by atoms with van der Waals surface area (Å²) in [6, 6.07) is 14.9. The van der Waals surface area contributed by atoms with E-state index in [0.717, 1.165) is 50.8 Å². The Hall–Kier alpha value is -3.79. The number of rotatable bonds is 1. The number of ether oxygens (including phenoxy) is 1. The van der Waals surface area contributed by atoms with Gasteiger partial charge >= 0.3 is 0 Å². The van der Waals surface area contributed by atoms with Gasteiger partial charge in [-0.2, -0.15) is 0 Å². The van der Waals surface area contributed by atoms with E-state index in [4.69, 9.17) is 13.6 Å². The summed E-state index contributed by atoms with van der Waals surface area (Å²) in [4.78, 5) is 0. The van der Waals surface area contributed by atoms with Crippen LogP contribution in [0.4, 0.5) is 0 Å². The van der Waals surface area contributed by atoms with Gasteiger partial charge in [-0.1, -0.05) is 45.0 Å². The molecule has 0 bridgehead atoms. The Balaban J connectivity index is 1.70. The molecule has 0 saturated heterocycles. The lowest BCUT2D eigenvalue weighted by Gasteiger charge is -2.28. The molecule has 0 radical (unpaired) electrons. The van der Waals surface area contributed by atoms with Crippen molar-refractivity contribution in [3.05, 3.63) is 66.1 Å². The van der Waals surface area contributed by atoms with Gasteiger partial charge < -0.3 is 13.6 Å². The van der Waals surface area contributed by atoms with Crippen molar-refractivity contribution >= 4 is 43.7 Å². The fourth-order valence-corrected chi connectivity index (χ4v) is 5.69. The van der Waals surface area contributed by atoms with Gasteiger partial charge in [0.2, 0.25) is 5.69 Å². The van der Waals surface area contributed by atoms with Gasteiger partial charge in [-0.15, -0.1) is 0 Å². The number of aromatic nitrogens is 1. The van der Waals surface area contributed by atoms with Crippen molar-refractivity contribution < 1.29 is 18.1 Å². The maximum absolute atomic E-state index is 6.93. The van der Waals surface area contributed by atoms with Crippen LogP contribution in [0.3, 0.4) is 0 Å². The summed E-state index contributed by atoms with van der Waals surface area (Å²) in [5.41, 5.74) is 7.18. The van der Waals surface area contributed by atoms with E-state index < -0.39 is 0 Å². The van der Waals surface area contributed by atoms with Gasteiger partial charge in [0.15, 0.2) is 28.7 Å². The van der Waals surface area contributed by atoms with Crippen LogP contribution in [0.1, 0.15) is 31.9 Å². The lowest BCUT2D eigenvalue weighted by atomic mass is 9.81. The van der Waals surface area contributed by atoms with Gasteiger partial charge in [0, 0.05) is 17.7 Å². The molecule has 4 nitrogen and oxygen atoms in total. The van der Waals surface area contributed by atoms with Crippen molar-refractivity contribution in [3.63, 3.8) is 0 Å². The highest BCUT2D eigenvalue weighted by Crippen LogP contribution is 2.54. The topological polar surface area (TPSA) is 39.4 Å². The first-order valence-corrected chi connectivity index (χ1v) is 11.8. The van der Waals surface area contributed by atoms with Crippen LogP contribution in [-0.2, 0) is 13.5 Å². The molecule has 0 unspecified atom stereocenters. The molecular formula is C30H26NO3+. The summed E-state index contributed by atoms with van der Waals surface area (Å²) in [5.74, 6) is 1.73. The quantitative estimate of drug-likeness (QED) is 0.239. The third-order valence-electron chi connectivity index (χ3n) is 7.10. The predicted molar refractivity (Wildman–Crippen MR) is 136 cm³/mol. The number of fused-ring (bicyclic) bond motifs is 7. The average molecular weight is 449 g/mol. The Morgan fingerprint density at radius 3 is 2.50 bits per heavy atom. The molecule has 3 aromatic carbocycles. The molecule has 0 spiro atoms. The van der Waals surface area contributed by atoms with Gasteiger partial charge in [-0.3, -0.25) is 0 Å². The lowest BCUT2D eigenvalue weighted by molar-refractivity contribution is -0.659. The van der Waals surface area contributed by atoms with Gasteiger partial charge in [-0.25, -0.2) is 4.57 Å². The number of nitrogens with zero attached hydrogens (tertiary/aromatic N) is 1. The molecule has 0 fully saturated rings. The van der Waals surface area contributed by atoms with E-state index in [1.807, 2.05) is 6.07 Å². The third kappa shape index (κ3) is 2.51. The molecule has 0 amide bonds. The van der Waals surface area contributed by atoms with E-state index in [0.29, 0.717) is 0 Å². The number of hydrogen-bond acceptors (Lipinski definition) is 3. The molecule has 1 aliphatic heterocycles. The Morgan fingerprint density at radius 1 is 0.912 bits per heavy atom. The first-order valence-electron chi connectivity index (χ1n) is 11.8. The second-order valence-electron chi connectivity index (χ2n) is 10.7. The fourth-order valence-electron chi connectivity index (χ4n) is 5.69. The minimum absolute atomic E-state index is 0.0974. The van der Waals surface area contributed by atoms with E-state index in [2.05, 4.69) is 81.9 Å². The van der Waals surface area contributed by atoms with Crippen LogP contribution in [0.15, 0.2) is 63.8 Å². The summed E-state index contributed by atoms with van der Waals surface area (Å²) >= 11 is 0. The van der Waals surface area contributed by atoms with E-state index in [1.165, 1.54) is 33.2 Å². The summed E-state index contributed by atoms with van der Waals surface area (Å²) in [7, 11) is 2.11. The average Bonchev–Trinajstić information content (AvgIpc) is 3.40. The zero-order chi connectivity index (χ0) is 23.4. The highest BCUT2D eigenvalue weighted by Gasteiger charge is 2.36. The van der Waals surface area contributed by atoms with Crippen LogP contribution < -0.4 is 9.30 Å². The number of furan rings is 2. The maximum Gasteiger partial charge on any atom is 0.228 e. The number of benzene rings is 3. The van der Waals surface area contributed by atoms with E-state index >= 15 is 0 Å². The largest absolute Gasteiger partial charge is 0.460 e. The number of pyridine rings is 1. The summed E-state index contributed by atoms with van der Waals surface area (Å²) in [6.07, 6.45) is 4.72. The van der Waals surface area contributed by atoms with Crippen LogP contribution in [-0.4, -0.2) is 0 Å². The SMILES string of the molecule is Cc1c2c(c(CC(C)(C)C)c3ccccc13)Oc1c3oc4ccoc4c3cc3cc[n+](C)c-2c13. The molecule has 34 heavy (non-hydrogen) atoms. The third-order valence-corrected chi connectivity index (χ3v) is 7.10. The Morgan fingerprint density at radius 2 is 1.71 bits per heavy atom. The molecule has 0 saturated carbocycles. The zero-order valence-corrected chi connectivity index (χ0v) is 20.1. The van der Waals surface area contributed by atoms with Crippen LogP contribution in [0.2, 0.25) is 0 Å². The van der Waals surface area contributed by atoms with Crippen LogP contribution in [0, 0.1) is 12.3 Å². The molecular weight excluding hydrogens is 422 g/mol. The molecule has 0 aliphatic carbocycles.